The minimum Gasteiger partial charge on any atom is -0.481 e. The molecule has 0 bridgehead atoms. The van der Waals surface area contributed by atoms with E-state index >= 15 is 0 Å². The van der Waals surface area contributed by atoms with Crippen LogP contribution < -0.4 is 9.80 Å². The van der Waals surface area contributed by atoms with Crippen LogP contribution in [0, 0.1) is 10.1 Å². The van der Waals surface area contributed by atoms with Crippen molar-refractivity contribution in [2.75, 3.05) is 23.9 Å². The fourth-order valence-electron chi connectivity index (χ4n) is 2.87. The molecule has 2 aromatic carbocycles. The highest BCUT2D eigenvalue weighted by atomic mass is 16.6. The predicted molar refractivity (Wildman–Crippen MR) is 124 cm³/mol. The molecule has 2 rings (SSSR count). The van der Waals surface area contributed by atoms with Gasteiger partial charge >= 0.3 is 18.2 Å². The van der Waals surface area contributed by atoms with E-state index in [1.807, 2.05) is 0 Å². The van der Waals surface area contributed by atoms with E-state index in [1.54, 1.807) is 45.0 Å². The van der Waals surface area contributed by atoms with Crippen molar-refractivity contribution in [1.82, 2.24) is 0 Å². The normalized spacial score (nSPS) is 10.9. The molecular weight excluding hydrogens is 446 g/mol. The zero-order chi connectivity index (χ0) is 25.6. The zero-order valence-electron chi connectivity index (χ0n) is 19.6. The Morgan fingerprint density at radius 2 is 1.56 bits per heavy atom. The molecule has 0 heterocycles. The highest BCUT2D eigenvalue weighted by Crippen LogP contribution is 2.30. The van der Waals surface area contributed by atoms with Crippen LogP contribution in [0.3, 0.4) is 0 Å². The molecule has 11 nitrogen and oxygen atoms in total. The lowest BCUT2D eigenvalue weighted by Gasteiger charge is -2.24. The quantitative estimate of drug-likeness (QED) is 0.462. The molecular formula is C23H27N3O8. The van der Waals surface area contributed by atoms with Gasteiger partial charge < -0.3 is 14.6 Å². The van der Waals surface area contributed by atoms with Crippen molar-refractivity contribution in [2.45, 2.75) is 39.4 Å². The number of hydrogen-bond donors (Lipinski definition) is 1. The van der Waals surface area contributed by atoms with Crippen LogP contribution in [0.4, 0.5) is 26.7 Å². The maximum atomic E-state index is 12.5. The van der Waals surface area contributed by atoms with E-state index in [0.29, 0.717) is 16.8 Å². The third-order valence-corrected chi connectivity index (χ3v) is 4.58. The number of carboxylic acid groups (broad SMARTS) is 1. The molecule has 0 atom stereocenters. The first-order chi connectivity index (χ1) is 15.8. The predicted octanol–water partition coefficient (Wildman–Crippen LogP) is 4.37. The number of hydrogen-bond acceptors (Lipinski definition) is 7. The third kappa shape index (κ3) is 7.19. The summed E-state index contributed by atoms with van der Waals surface area (Å²) in [6.45, 7) is 4.84. The lowest BCUT2D eigenvalue weighted by atomic mass is 10.1. The van der Waals surface area contributed by atoms with E-state index in [4.69, 9.17) is 14.6 Å². The molecule has 0 saturated carbocycles. The Labute approximate surface area is 196 Å². The van der Waals surface area contributed by atoms with Gasteiger partial charge in [0.05, 0.1) is 11.3 Å². The smallest absolute Gasteiger partial charge is 0.414 e. The third-order valence-electron chi connectivity index (χ3n) is 4.58. The standard InChI is InChI=1S/C23H27N3O8/c1-23(2,3)34-22(30)25(5)19-12-16(8-11-18(19)26(31)32)14-33-21(29)24(4)17-9-6-15(7-10-17)13-20(27)28/h6-12H,13-14H2,1-5H3,(H,27,28). The molecule has 0 saturated heterocycles. The summed E-state index contributed by atoms with van der Waals surface area (Å²) < 4.78 is 10.6. The molecule has 182 valence electrons. The summed E-state index contributed by atoms with van der Waals surface area (Å²) in [7, 11) is 2.85. The molecule has 0 aliphatic heterocycles. The first-order valence-electron chi connectivity index (χ1n) is 10.2. The van der Waals surface area contributed by atoms with Gasteiger partial charge in [-0.1, -0.05) is 12.1 Å². The molecule has 11 heteroatoms. The second-order valence-corrected chi connectivity index (χ2v) is 8.47. The first-order valence-corrected chi connectivity index (χ1v) is 10.2. The van der Waals surface area contributed by atoms with Crippen LogP contribution in [-0.2, 0) is 27.3 Å². The summed E-state index contributed by atoms with van der Waals surface area (Å²) in [4.78, 5) is 48.7. The number of nitro benzene ring substituents is 1. The van der Waals surface area contributed by atoms with Gasteiger partial charge in [0.15, 0.2) is 0 Å². The van der Waals surface area contributed by atoms with Crippen molar-refractivity contribution in [3.63, 3.8) is 0 Å². The number of ether oxygens (including phenoxy) is 2. The highest BCUT2D eigenvalue weighted by molar-refractivity contribution is 5.90. The average molecular weight is 473 g/mol. The summed E-state index contributed by atoms with van der Waals surface area (Å²) in [5.41, 5.74) is 0.411. The Bertz CT molecular complexity index is 1080. The van der Waals surface area contributed by atoms with Crippen molar-refractivity contribution >= 4 is 35.2 Å². The van der Waals surface area contributed by atoms with Crippen LogP contribution in [0.15, 0.2) is 42.5 Å². The van der Waals surface area contributed by atoms with E-state index in [2.05, 4.69) is 0 Å². The summed E-state index contributed by atoms with van der Waals surface area (Å²) >= 11 is 0. The Morgan fingerprint density at radius 1 is 0.971 bits per heavy atom. The SMILES string of the molecule is CN(C(=O)OCc1ccc([N+](=O)[O-])c(N(C)C(=O)OC(C)(C)C)c1)c1ccc(CC(=O)O)cc1. The van der Waals surface area contributed by atoms with Crippen LogP contribution >= 0.6 is 0 Å². The Hall–Kier alpha value is -4.15. The van der Waals surface area contributed by atoms with Crippen molar-refractivity contribution in [2.24, 2.45) is 0 Å². The number of carbonyl (C=O) groups is 3. The maximum Gasteiger partial charge on any atom is 0.414 e. The lowest BCUT2D eigenvalue weighted by Crippen LogP contribution is -2.34. The topological polar surface area (TPSA) is 140 Å². The molecule has 0 spiro atoms. The molecule has 0 aliphatic carbocycles. The van der Waals surface area contributed by atoms with Crippen LogP contribution in [0.2, 0.25) is 0 Å². The van der Waals surface area contributed by atoms with Crippen LogP contribution in [0.25, 0.3) is 0 Å². The van der Waals surface area contributed by atoms with E-state index in [-0.39, 0.29) is 24.4 Å². The van der Waals surface area contributed by atoms with E-state index in [1.165, 1.54) is 37.2 Å². The van der Waals surface area contributed by atoms with E-state index in [9.17, 15) is 24.5 Å². The molecule has 1 N–H and O–H groups in total. The number of carboxylic acids is 1. The van der Waals surface area contributed by atoms with Gasteiger partial charge in [-0.3, -0.25) is 24.7 Å². The summed E-state index contributed by atoms with van der Waals surface area (Å²) in [6, 6.07) is 10.4. The van der Waals surface area contributed by atoms with Crippen LogP contribution in [0.1, 0.15) is 31.9 Å². The molecule has 34 heavy (non-hydrogen) atoms. The summed E-state index contributed by atoms with van der Waals surface area (Å²) in [5.74, 6) is -0.958. The minimum atomic E-state index is -0.958. The van der Waals surface area contributed by atoms with Crippen molar-refractivity contribution in [3.05, 3.63) is 63.7 Å². The molecule has 0 aliphatic rings. The van der Waals surface area contributed by atoms with E-state index in [0.717, 1.165) is 4.90 Å². The van der Waals surface area contributed by atoms with Gasteiger partial charge in [-0.05, 0) is 56.2 Å². The second kappa shape index (κ2) is 10.6. The molecule has 2 amide bonds. The molecule has 0 unspecified atom stereocenters. The van der Waals surface area contributed by atoms with Crippen molar-refractivity contribution in [3.8, 4) is 0 Å². The largest absolute Gasteiger partial charge is 0.481 e. The number of anilines is 2. The maximum absolute atomic E-state index is 12.5. The number of carbonyl (C=O) groups excluding carboxylic acids is 2. The fraction of sp³-hybridized carbons (Fsp3) is 0.348. The van der Waals surface area contributed by atoms with Gasteiger partial charge in [0, 0.05) is 25.8 Å². The first kappa shape index (κ1) is 26.1. The van der Waals surface area contributed by atoms with Gasteiger partial charge in [-0.25, -0.2) is 9.59 Å². The number of aliphatic carboxylic acids is 1. The highest BCUT2D eigenvalue weighted by Gasteiger charge is 2.26. The van der Waals surface area contributed by atoms with Crippen LogP contribution in [0.5, 0.6) is 0 Å². The Kier molecular flexibility index (Phi) is 8.17. The van der Waals surface area contributed by atoms with Crippen LogP contribution in [-0.4, -0.2) is 47.9 Å². The van der Waals surface area contributed by atoms with Crippen molar-refractivity contribution < 1.29 is 33.9 Å². The Balaban J connectivity index is 2.13. The van der Waals surface area contributed by atoms with Gasteiger partial charge in [0.1, 0.15) is 17.9 Å². The molecule has 0 fully saturated rings. The number of benzene rings is 2. The second-order valence-electron chi connectivity index (χ2n) is 8.47. The zero-order valence-corrected chi connectivity index (χ0v) is 19.6. The molecule has 0 radical (unpaired) electrons. The van der Waals surface area contributed by atoms with E-state index < -0.39 is 28.7 Å². The summed E-state index contributed by atoms with van der Waals surface area (Å²) in [5, 5.41) is 20.3. The summed E-state index contributed by atoms with van der Waals surface area (Å²) in [6.07, 6.45) is -1.59. The van der Waals surface area contributed by atoms with Gasteiger partial charge in [-0.15, -0.1) is 0 Å². The van der Waals surface area contributed by atoms with Gasteiger partial charge in [-0.2, -0.15) is 0 Å². The monoisotopic (exact) mass is 473 g/mol. The number of amides is 2. The van der Waals surface area contributed by atoms with Gasteiger partial charge in [0.25, 0.3) is 5.69 Å². The number of rotatable bonds is 7. The lowest BCUT2D eigenvalue weighted by molar-refractivity contribution is -0.384. The molecule has 0 aromatic heterocycles. The number of nitrogens with zero attached hydrogens (tertiary/aromatic N) is 3. The number of nitro groups is 1. The minimum absolute atomic E-state index is 0.00447. The Morgan fingerprint density at radius 3 is 2.09 bits per heavy atom. The fourth-order valence-corrected chi connectivity index (χ4v) is 2.87. The van der Waals surface area contributed by atoms with Crippen molar-refractivity contribution in [1.29, 1.82) is 0 Å². The molecule has 2 aromatic rings. The average Bonchev–Trinajstić information content (AvgIpc) is 2.75. The van der Waals surface area contributed by atoms with Gasteiger partial charge in [0.2, 0.25) is 0 Å².